The number of nitrogens with zero attached hydrogens (tertiary/aromatic N) is 3. The van der Waals surface area contributed by atoms with E-state index in [1.807, 2.05) is 0 Å². The van der Waals surface area contributed by atoms with Crippen molar-refractivity contribution in [2.75, 3.05) is 12.3 Å². The summed E-state index contributed by atoms with van der Waals surface area (Å²) >= 11 is 24.8. The van der Waals surface area contributed by atoms with Crippen molar-refractivity contribution < 1.29 is 19.3 Å². The van der Waals surface area contributed by atoms with Gasteiger partial charge in [-0.15, -0.1) is 5.92 Å². The minimum Gasteiger partial charge on any atom is -0.383 e. The molecule has 1 saturated heterocycles. The number of fused-ring (bicyclic) bond motifs is 1. The lowest BCUT2D eigenvalue weighted by atomic mass is 9.94. The summed E-state index contributed by atoms with van der Waals surface area (Å²) in [6.07, 6.45) is 0.358. The maximum Gasteiger partial charge on any atom is 0.199 e. The Morgan fingerprint density at radius 3 is 2.35 bits per heavy atom. The van der Waals surface area contributed by atoms with Gasteiger partial charge in [-0.05, 0) is 48.4 Å². The Kier molecular flexibility index (Phi) is 8.76. The van der Waals surface area contributed by atoms with Crippen LogP contribution in [0, 0.1) is 11.8 Å². The summed E-state index contributed by atoms with van der Waals surface area (Å²) in [6.45, 7) is 1.93. The number of nitrogens with two attached hydrogens (primary N) is 1. The Morgan fingerprint density at radius 1 is 1.02 bits per heavy atom. The predicted molar refractivity (Wildman–Crippen MR) is 155 cm³/mol. The topological polar surface area (TPSA) is 105 Å². The molecule has 5 rings (SSSR count). The van der Waals surface area contributed by atoms with Crippen molar-refractivity contribution in [1.29, 1.82) is 0 Å². The van der Waals surface area contributed by atoms with E-state index < -0.39 is 24.0 Å². The normalized spacial score (nSPS) is 22.4. The Morgan fingerprint density at radius 2 is 1.70 bits per heavy atom. The van der Waals surface area contributed by atoms with Gasteiger partial charge in [0.15, 0.2) is 11.8 Å². The summed E-state index contributed by atoms with van der Waals surface area (Å²) in [4.78, 5) is 8.40. The Labute approximate surface area is 250 Å². The van der Waals surface area contributed by atoms with Gasteiger partial charge in [-0.25, -0.2) is 9.97 Å². The highest BCUT2D eigenvalue weighted by Crippen LogP contribution is 2.42. The van der Waals surface area contributed by atoms with Gasteiger partial charge in [-0.2, -0.15) is 0 Å². The first kappa shape index (κ1) is 28.9. The molecule has 1 aliphatic rings. The van der Waals surface area contributed by atoms with Gasteiger partial charge in [0.1, 0.15) is 30.0 Å². The van der Waals surface area contributed by atoms with E-state index in [-0.39, 0.29) is 19.8 Å². The molecule has 12 heteroatoms. The molecular formula is C28H24Cl4N4O4. The molecule has 0 spiro atoms. The third kappa shape index (κ3) is 5.75. The van der Waals surface area contributed by atoms with Crippen LogP contribution < -0.4 is 5.73 Å². The summed E-state index contributed by atoms with van der Waals surface area (Å²) in [6, 6.07) is 12.0. The maximum atomic E-state index is 12.1. The third-order valence-corrected chi connectivity index (χ3v) is 7.73. The zero-order valence-electron chi connectivity index (χ0n) is 21.2. The minimum absolute atomic E-state index is 0.0541. The highest BCUT2D eigenvalue weighted by molar-refractivity contribution is 6.35. The molecular weight excluding hydrogens is 598 g/mol. The molecule has 0 bridgehead atoms. The van der Waals surface area contributed by atoms with Crippen molar-refractivity contribution in [2.24, 2.45) is 0 Å². The maximum absolute atomic E-state index is 12.1. The van der Waals surface area contributed by atoms with Crippen LogP contribution in [0.15, 0.2) is 55.0 Å². The van der Waals surface area contributed by atoms with Crippen molar-refractivity contribution >= 4 is 63.3 Å². The second-order valence-corrected chi connectivity index (χ2v) is 10.9. The summed E-state index contributed by atoms with van der Waals surface area (Å²) in [5, 5.41) is 14.6. The van der Waals surface area contributed by atoms with E-state index in [1.165, 1.54) is 6.33 Å². The molecule has 8 nitrogen and oxygen atoms in total. The Bertz CT molecular complexity index is 1600. The molecule has 3 N–H and O–H groups in total. The van der Waals surface area contributed by atoms with E-state index in [4.69, 9.17) is 66.3 Å². The van der Waals surface area contributed by atoms with E-state index >= 15 is 0 Å². The molecule has 40 heavy (non-hydrogen) atoms. The number of hydrogen-bond acceptors (Lipinski definition) is 7. The molecule has 4 aromatic rings. The van der Waals surface area contributed by atoms with E-state index in [1.54, 1.807) is 60.2 Å². The van der Waals surface area contributed by atoms with Crippen LogP contribution in [-0.4, -0.2) is 44.1 Å². The molecule has 1 aliphatic heterocycles. The first-order chi connectivity index (χ1) is 19.2. The molecule has 3 heterocycles. The van der Waals surface area contributed by atoms with Gasteiger partial charge < -0.3 is 29.6 Å². The average molecular weight is 622 g/mol. The molecule has 1 fully saturated rings. The van der Waals surface area contributed by atoms with Crippen molar-refractivity contribution in [3.8, 4) is 11.8 Å². The molecule has 208 valence electrons. The highest BCUT2D eigenvalue weighted by Gasteiger charge is 2.57. The monoisotopic (exact) mass is 620 g/mol. The molecule has 2 aromatic carbocycles. The number of hydrogen-bond donors (Lipinski definition) is 2. The van der Waals surface area contributed by atoms with Crippen LogP contribution in [0.3, 0.4) is 0 Å². The van der Waals surface area contributed by atoms with Gasteiger partial charge in [-0.3, -0.25) is 0 Å². The number of aromatic nitrogens is 3. The quantitative estimate of drug-likeness (QED) is 0.230. The number of nitrogen functional groups attached to an aromatic ring is 1. The first-order valence-corrected chi connectivity index (χ1v) is 13.7. The fourth-order valence-electron chi connectivity index (χ4n) is 4.66. The smallest absolute Gasteiger partial charge is 0.199 e. The van der Waals surface area contributed by atoms with Gasteiger partial charge >= 0.3 is 0 Å². The lowest BCUT2D eigenvalue weighted by Crippen LogP contribution is -2.47. The van der Waals surface area contributed by atoms with Crippen molar-refractivity contribution in [3.05, 3.63) is 86.2 Å². The van der Waals surface area contributed by atoms with Crippen molar-refractivity contribution in [1.82, 2.24) is 14.5 Å². The first-order valence-electron chi connectivity index (χ1n) is 12.2. The largest absolute Gasteiger partial charge is 0.383 e. The number of ether oxygens (including phenoxy) is 3. The number of anilines is 1. The van der Waals surface area contributed by atoms with Crippen LogP contribution in [0.4, 0.5) is 5.82 Å². The molecule has 2 aromatic heterocycles. The van der Waals surface area contributed by atoms with Crippen LogP contribution in [-0.2, 0) is 27.4 Å². The van der Waals surface area contributed by atoms with E-state index in [0.717, 1.165) is 5.56 Å². The number of halogens is 4. The van der Waals surface area contributed by atoms with Gasteiger partial charge in [-0.1, -0.05) is 64.5 Å². The molecule has 0 unspecified atom stereocenters. The van der Waals surface area contributed by atoms with E-state index in [9.17, 15) is 5.11 Å². The van der Waals surface area contributed by atoms with Gasteiger partial charge in [0.05, 0.1) is 25.2 Å². The third-order valence-electron chi connectivity index (χ3n) is 6.56. The predicted octanol–water partition coefficient (Wildman–Crippen LogP) is 6.08. The average Bonchev–Trinajstić information content (AvgIpc) is 3.44. The highest BCUT2D eigenvalue weighted by atomic mass is 35.5. The lowest BCUT2D eigenvalue weighted by molar-refractivity contribution is -0.0898. The van der Waals surface area contributed by atoms with E-state index in [0.29, 0.717) is 42.5 Å². The fourth-order valence-corrected chi connectivity index (χ4v) is 5.58. The van der Waals surface area contributed by atoms with E-state index in [2.05, 4.69) is 21.8 Å². The zero-order valence-corrected chi connectivity index (χ0v) is 24.2. The van der Waals surface area contributed by atoms with Crippen LogP contribution in [0.2, 0.25) is 20.1 Å². The Balaban J connectivity index is 1.47. The van der Waals surface area contributed by atoms with Crippen LogP contribution in [0.1, 0.15) is 24.3 Å². The summed E-state index contributed by atoms with van der Waals surface area (Å²) in [5.41, 5.74) is 6.15. The molecule has 0 aliphatic carbocycles. The Hall–Kier alpha value is -2.58. The van der Waals surface area contributed by atoms with Crippen LogP contribution >= 0.6 is 46.4 Å². The summed E-state index contributed by atoms with van der Waals surface area (Å²) < 4.78 is 20.4. The molecule has 0 saturated carbocycles. The van der Waals surface area contributed by atoms with Crippen molar-refractivity contribution in [3.63, 3.8) is 0 Å². The van der Waals surface area contributed by atoms with Gasteiger partial charge in [0.25, 0.3) is 0 Å². The van der Waals surface area contributed by atoms with Crippen molar-refractivity contribution in [2.45, 2.75) is 44.2 Å². The number of benzene rings is 2. The summed E-state index contributed by atoms with van der Waals surface area (Å²) in [5.74, 6) is 6.04. The summed E-state index contributed by atoms with van der Waals surface area (Å²) in [7, 11) is 0. The lowest BCUT2D eigenvalue weighted by Gasteiger charge is -2.30. The minimum atomic E-state index is -1.80. The van der Waals surface area contributed by atoms with Gasteiger partial charge in [0, 0.05) is 26.3 Å². The second-order valence-electron chi connectivity index (χ2n) is 9.16. The zero-order chi connectivity index (χ0) is 28.4. The number of rotatable bonds is 8. The molecule has 4 atom stereocenters. The fraction of sp³-hybridized carbons (Fsp3) is 0.286. The molecule has 0 radical (unpaired) electrons. The van der Waals surface area contributed by atoms with Crippen LogP contribution in [0.5, 0.6) is 0 Å². The second kappa shape index (κ2) is 12.1. The molecule has 0 amide bonds. The standard InChI is InChI=1S/C28H24Cl4N4O4/c1-2-8-28(37)24(39-13-17-4-6-19(30)11-22(17)32)23(14-38-12-16-3-5-18(29)10-21(16)31)40-27(28)36-9-7-20-25(33)34-15-35-26(20)36/h3-7,9-11,15,23-24,27,37H,12-14H2,1H3,(H2,33,34,35)/t23-,24-,27+,28-/m1/s1. The SMILES string of the molecule is CC#C[C@@]1(O)[C@H](OCc2ccc(Cl)cc2Cl)[C@@H](COCc2ccc(Cl)cc2Cl)O[C@@H]1n1ccc2c(N)ncnc21. The van der Waals surface area contributed by atoms with Gasteiger partial charge in [0.2, 0.25) is 0 Å². The number of aliphatic hydroxyl groups is 1. The van der Waals surface area contributed by atoms with Crippen LogP contribution in [0.25, 0.3) is 11.0 Å².